The minimum atomic E-state index is 0.422. The second kappa shape index (κ2) is 6.94. The average molecular weight is 301 g/mol. The number of hydrogen-bond donors (Lipinski definition) is 1. The van der Waals surface area contributed by atoms with Gasteiger partial charge in [-0.1, -0.05) is 31.5 Å². The van der Waals surface area contributed by atoms with E-state index in [1.165, 1.54) is 16.0 Å². The van der Waals surface area contributed by atoms with Gasteiger partial charge in [0.2, 0.25) is 0 Å². The van der Waals surface area contributed by atoms with E-state index in [1.807, 2.05) is 7.05 Å². The molecule has 0 amide bonds. The maximum Gasteiger partial charge on any atom is 0.141 e. The highest BCUT2D eigenvalue weighted by molar-refractivity contribution is 7.98. The van der Waals surface area contributed by atoms with Gasteiger partial charge in [-0.15, -0.1) is 11.8 Å². The van der Waals surface area contributed by atoms with E-state index in [9.17, 15) is 0 Å². The Labute approximate surface area is 131 Å². The number of aromatic nitrogens is 2. The molecule has 0 bridgehead atoms. The summed E-state index contributed by atoms with van der Waals surface area (Å²) >= 11 is 1.78. The fourth-order valence-electron chi connectivity index (χ4n) is 2.44. The fourth-order valence-corrected chi connectivity index (χ4v) is 3.31. The van der Waals surface area contributed by atoms with Gasteiger partial charge in [-0.2, -0.15) is 0 Å². The van der Waals surface area contributed by atoms with Crippen molar-refractivity contribution in [3.05, 3.63) is 46.9 Å². The highest BCUT2D eigenvalue weighted by Gasteiger charge is 2.13. The van der Waals surface area contributed by atoms with E-state index < -0.39 is 0 Å². The molecular weight excluding hydrogens is 278 g/mol. The molecule has 0 atom stereocenters. The molecule has 21 heavy (non-hydrogen) atoms. The van der Waals surface area contributed by atoms with E-state index in [1.54, 1.807) is 11.8 Å². The Balaban J connectivity index is 2.19. The summed E-state index contributed by atoms with van der Waals surface area (Å²) in [6.45, 7) is 8.53. The smallest absolute Gasteiger partial charge is 0.141 e. The lowest BCUT2D eigenvalue weighted by Crippen LogP contribution is -2.08. The highest BCUT2D eigenvalue weighted by atomic mass is 32.2. The minimum absolute atomic E-state index is 0.422. The molecule has 0 fully saturated rings. The fraction of sp³-hybridized carbons (Fsp3) is 0.412. The molecule has 0 saturated carbocycles. The number of rotatable bonds is 5. The Morgan fingerprint density at radius 2 is 1.95 bits per heavy atom. The van der Waals surface area contributed by atoms with Crippen LogP contribution in [0.4, 0.5) is 5.82 Å². The molecule has 0 aliphatic rings. The zero-order valence-corrected chi connectivity index (χ0v) is 14.2. The standard InChI is InChI=1S/C17H23N3S/c1-11(2)16-13(4)19-15(20-17(16)18-5)10-21-14-8-6-7-12(3)9-14/h6-9,11H,10H2,1-5H3,(H,18,19,20). The molecule has 0 saturated heterocycles. The molecule has 112 valence electrons. The van der Waals surface area contributed by atoms with Crippen molar-refractivity contribution in [1.82, 2.24) is 9.97 Å². The van der Waals surface area contributed by atoms with Gasteiger partial charge in [-0.3, -0.25) is 0 Å². The molecular formula is C17H23N3S. The summed E-state index contributed by atoms with van der Waals surface area (Å²) in [6, 6.07) is 8.52. The van der Waals surface area contributed by atoms with Crippen LogP contribution in [0, 0.1) is 13.8 Å². The molecule has 1 N–H and O–H groups in total. The largest absolute Gasteiger partial charge is 0.373 e. The third-order valence-electron chi connectivity index (χ3n) is 3.35. The van der Waals surface area contributed by atoms with E-state index in [0.717, 1.165) is 23.1 Å². The van der Waals surface area contributed by atoms with Crippen molar-refractivity contribution in [2.24, 2.45) is 0 Å². The van der Waals surface area contributed by atoms with Gasteiger partial charge in [-0.25, -0.2) is 9.97 Å². The lowest BCUT2D eigenvalue weighted by molar-refractivity contribution is 0.821. The maximum absolute atomic E-state index is 4.67. The van der Waals surface area contributed by atoms with Crippen molar-refractivity contribution in [3.63, 3.8) is 0 Å². The predicted molar refractivity (Wildman–Crippen MR) is 91.1 cm³/mol. The molecule has 1 heterocycles. The highest BCUT2D eigenvalue weighted by Crippen LogP contribution is 2.27. The van der Waals surface area contributed by atoms with Crippen molar-refractivity contribution >= 4 is 17.6 Å². The second-order valence-corrected chi connectivity index (χ2v) is 6.55. The zero-order chi connectivity index (χ0) is 15.4. The minimum Gasteiger partial charge on any atom is -0.373 e. The SMILES string of the molecule is CNc1nc(CSc2cccc(C)c2)nc(C)c1C(C)C. The van der Waals surface area contributed by atoms with Gasteiger partial charge in [0.1, 0.15) is 11.6 Å². The molecule has 0 spiro atoms. The lowest BCUT2D eigenvalue weighted by Gasteiger charge is -2.15. The van der Waals surface area contributed by atoms with Gasteiger partial charge in [0, 0.05) is 23.2 Å². The topological polar surface area (TPSA) is 37.8 Å². The monoisotopic (exact) mass is 301 g/mol. The molecule has 4 heteroatoms. The van der Waals surface area contributed by atoms with Crippen LogP contribution in [0.15, 0.2) is 29.2 Å². The molecule has 1 aromatic heterocycles. The van der Waals surface area contributed by atoms with Crippen molar-refractivity contribution in [2.75, 3.05) is 12.4 Å². The third kappa shape index (κ3) is 3.97. The van der Waals surface area contributed by atoms with Crippen molar-refractivity contribution in [1.29, 1.82) is 0 Å². The number of nitrogens with one attached hydrogen (secondary N) is 1. The summed E-state index contributed by atoms with van der Waals surface area (Å²) in [7, 11) is 1.92. The lowest BCUT2D eigenvalue weighted by atomic mass is 10.0. The van der Waals surface area contributed by atoms with Crippen LogP contribution in [0.25, 0.3) is 0 Å². The molecule has 1 aromatic carbocycles. The first-order chi connectivity index (χ1) is 10.0. The zero-order valence-electron chi connectivity index (χ0n) is 13.4. The van der Waals surface area contributed by atoms with E-state index in [0.29, 0.717) is 5.92 Å². The van der Waals surface area contributed by atoms with Crippen molar-refractivity contribution in [3.8, 4) is 0 Å². The molecule has 0 radical (unpaired) electrons. The van der Waals surface area contributed by atoms with E-state index >= 15 is 0 Å². The number of thioether (sulfide) groups is 1. The maximum atomic E-state index is 4.67. The van der Waals surface area contributed by atoms with Crippen LogP contribution >= 0.6 is 11.8 Å². The van der Waals surface area contributed by atoms with Gasteiger partial charge in [-0.05, 0) is 31.9 Å². The third-order valence-corrected chi connectivity index (χ3v) is 4.34. The van der Waals surface area contributed by atoms with Gasteiger partial charge < -0.3 is 5.32 Å². The average Bonchev–Trinajstić information content (AvgIpc) is 2.44. The number of anilines is 1. The van der Waals surface area contributed by atoms with Crippen LogP contribution in [-0.4, -0.2) is 17.0 Å². The number of aryl methyl sites for hydroxylation is 2. The van der Waals surface area contributed by atoms with Crippen LogP contribution in [0.3, 0.4) is 0 Å². The Morgan fingerprint density at radius 1 is 1.19 bits per heavy atom. The van der Waals surface area contributed by atoms with Gasteiger partial charge in [0.15, 0.2) is 0 Å². The Morgan fingerprint density at radius 3 is 2.57 bits per heavy atom. The molecule has 2 aromatic rings. The van der Waals surface area contributed by atoms with Gasteiger partial charge >= 0.3 is 0 Å². The van der Waals surface area contributed by atoms with E-state index in [2.05, 4.69) is 67.2 Å². The molecule has 2 rings (SSSR count). The second-order valence-electron chi connectivity index (χ2n) is 5.50. The first kappa shape index (κ1) is 15.8. The summed E-state index contributed by atoms with van der Waals surface area (Å²) in [5, 5.41) is 3.21. The Hall–Kier alpha value is -1.55. The summed E-state index contributed by atoms with van der Waals surface area (Å²) in [5.41, 5.74) is 3.56. The number of nitrogens with zero attached hydrogens (tertiary/aromatic N) is 2. The normalized spacial score (nSPS) is 11.0. The predicted octanol–water partition coefficient (Wildman–Crippen LogP) is 4.55. The molecule has 0 unspecified atom stereocenters. The summed E-state index contributed by atoms with van der Waals surface area (Å²) in [4.78, 5) is 10.6. The first-order valence-electron chi connectivity index (χ1n) is 7.26. The van der Waals surface area contributed by atoms with Crippen LogP contribution in [0.1, 0.15) is 42.4 Å². The number of benzene rings is 1. The van der Waals surface area contributed by atoms with E-state index in [-0.39, 0.29) is 0 Å². The summed E-state index contributed by atoms with van der Waals surface area (Å²) in [6.07, 6.45) is 0. The Bertz CT molecular complexity index is 623. The quantitative estimate of drug-likeness (QED) is 0.822. The summed E-state index contributed by atoms with van der Waals surface area (Å²) in [5.74, 6) is 3.05. The molecule has 0 aliphatic heterocycles. The van der Waals surface area contributed by atoms with Gasteiger partial charge in [0.25, 0.3) is 0 Å². The van der Waals surface area contributed by atoms with Crippen LogP contribution in [-0.2, 0) is 5.75 Å². The first-order valence-corrected chi connectivity index (χ1v) is 8.24. The van der Waals surface area contributed by atoms with Crippen LogP contribution < -0.4 is 5.32 Å². The van der Waals surface area contributed by atoms with Crippen LogP contribution in [0.5, 0.6) is 0 Å². The van der Waals surface area contributed by atoms with Crippen LogP contribution in [0.2, 0.25) is 0 Å². The van der Waals surface area contributed by atoms with E-state index in [4.69, 9.17) is 0 Å². The Kier molecular flexibility index (Phi) is 5.23. The van der Waals surface area contributed by atoms with Gasteiger partial charge in [0.05, 0.1) is 5.75 Å². The molecule has 0 aliphatic carbocycles. The van der Waals surface area contributed by atoms with Crippen molar-refractivity contribution < 1.29 is 0 Å². The summed E-state index contributed by atoms with van der Waals surface area (Å²) < 4.78 is 0. The number of hydrogen-bond acceptors (Lipinski definition) is 4. The molecule has 3 nitrogen and oxygen atoms in total. The van der Waals surface area contributed by atoms with Crippen molar-refractivity contribution in [2.45, 2.75) is 44.3 Å².